The molecular formula is C89H95N27O15. The molecule has 5 aliphatic rings. The van der Waals surface area contributed by atoms with Crippen molar-refractivity contribution in [3.63, 3.8) is 0 Å². The molecule has 0 spiro atoms. The molecule has 10 heterocycles. The highest BCUT2D eigenvalue weighted by Gasteiger charge is 2.39. The summed E-state index contributed by atoms with van der Waals surface area (Å²) in [6.07, 6.45) is 7.24. The highest BCUT2D eigenvalue weighted by molar-refractivity contribution is 5.92. The molecule has 5 fully saturated rings. The summed E-state index contributed by atoms with van der Waals surface area (Å²) in [5, 5.41) is 115. The van der Waals surface area contributed by atoms with Crippen LogP contribution in [0.1, 0.15) is 196 Å². The SMILES string of the molecule is CCOC(=O)c1nnc(-c2cccc(C#N)c2)o1.C[C@@H]1C[C@@H](N)CN1C(=O)OC(C)(C)C.C[C@@H]1C[C@@H](NC(=O)c2nnc(-c3cccc(C#N)c3)o2)CN1.C[C@@H]1C[C@@H](NC(=O)c2nnc(-c3cccc(C#N)c3)o2)CN1C#N.C[C@@H]1C[C@@H](NC(=O)c2nnc(-c3cccc(C#N)c3)o2)CN1C#N.C[C@@H]1C[C@@H](NC(=O)c2nnc(-c3cccc(C#N)c3)o2)CN1C(=O)OC(C)(C)C. The Kier molecular flexibility index (Phi) is 33.0. The maximum Gasteiger partial charge on any atom is 0.410 e. The Balaban J connectivity index is 0.000000165. The van der Waals surface area contributed by atoms with Crippen LogP contribution in [-0.4, -0.2) is 223 Å². The number of rotatable bonds is 15. The van der Waals surface area contributed by atoms with Gasteiger partial charge in [-0.25, -0.2) is 14.4 Å². The Labute approximate surface area is 752 Å². The number of nitriles is 7. The molecule has 5 aromatic heterocycles. The van der Waals surface area contributed by atoms with Crippen LogP contribution in [0.15, 0.2) is 143 Å². The van der Waals surface area contributed by atoms with Crippen molar-refractivity contribution in [3.8, 4) is 100 Å². The van der Waals surface area contributed by atoms with Crippen molar-refractivity contribution in [1.82, 2.24) is 97.2 Å². The molecule has 5 saturated heterocycles. The summed E-state index contributed by atoms with van der Waals surface area (Å²) in [7, 11) is 0. The van der Waals surface area contributed by atoms with Crippen molar-refractivity contribution in [2.45, 2.75) is 187 Å². The first-order valence-electron chi connectivity index (χ1n) is 41.5. The van der Waals surface area contributed by atoms with E-state index in [0.717, 1.165) is 19.4 Å². The molecule has 0 aliphatic carbocycles. The monoisotopic (exact) mass is 1780 g/mol. The number of benzene rings is 5. The van der Waals surface area contributed by atoms with Gasteiger partial charge in [0.2, 0.25) is 29.5 Å². The van der Waals surface area contributed by atoms with Gasteiger partial charge in [0.05, 0.1) is 64.8 Å². The zero-order valence-electron chi connectivity index (χ0n) is 73.7. The quantitative estimate of drug-likeness (QED) is 0.0316. The third kappa shape index (κ3) is 27.6. The van der Waals surface area contributed by atoms with E-state index in [-0.39, 0.29) is 132 Å². The molecule has 42 nitrogen and oxygen atoms in total. The van der Waals surface area contributed by atoms with E-state index in [9.17, 15) is 33.6 Å². The second-order valence-electron chi connectivity index (χ2n) is 32.8. The van der Waals surface area contributed by atoms with E-state index in [0.29, 0.717) is 107 Å². The largest absolute Gasteiger partial charge is 0.459 e. The van der Waals surface area contributed by atoms with Crippen molar-refractivity contribution < 1.29 is 69.9 Å². The van der Waals surface area contributed by atoms with E-state index in [4.69, 9.17) is 78.9 Å². The number of aromatic nitrogens is 10. The number of esters is 1. The minimum atomic E-state index is -0.660. The number of hydrogen-bond donors (Lipinski definition) is 6. The number of likely N-dealkylation sites (tertiary alicyclic amines) is 4. The first-order valence-corrected chi connectivity index (χ1v) is 41.5. The second kappa shape index (κ2) is 44.7. The normalized spacial score (nSPS) is 19.1. The summed E-state index contributed by atoms with van der Waals surface area (Å²) in [4.78, 5) is 90.9. The summed E-state index contributed by atoms with van der Waals surface area (Å²) in [6.45, 7) is 25.4. The lowest BCUT2D eigenvalue weighted by molar-refractivity contribution is 0.0225. The van der Waals surface area contributed by atoms with Crippen LogP contribution in [0.25, 0.3) is 57.3 Å². The van der Waals surface area contributed by atoms with Crippen LogP contribution in [0, 0.1) is 79.6 Å². The van der Waals surface area contributed by atoms with Crippen molar-refractivity contribution in [2.24, 2.45) is 5.73 Å². The lowest BCUT2D eigenvalue weighted by Crippen LogP contribution is -2.41. The molecule has 5 aliphatic heterocycles. The molecule has 676 valence electrons. The van der Waals surface area contributed by atoms with Crippen LogP contribution in [0.4, 0.5) is 9.59 Å². The van der Waals surface area contributed by atoms with Crippen LogP contribution >= 0.6 is 0 Å². The molecule has 10 aromatic rings. The van der Waals surface area contributed by atoms with Gasteiger partial charge in [-0.15, -0.1) is 51.0 Å². The predicted molar refractivity (Wildman–Crippen MR) is 460 cm³/mol. The van der Waals surface area contributed by atoms with Gasteiger partial charge in [-0.3, -0.25) is 19.2 Å². The Morgan fingerprint density at radius 3 is 0.969 bits per heavy atom. The summed E-state index contributed by atoms with van der Waals surface area (Å²) in [6, 6.07) is 44.0. The van der Waals surface area contributed by atoms with Gasteiger partial charge in [-0.1, -0.05) is 30.3 Å². The Morgan fingerprint density at radius 2 is 0.695 bits per heavy atom. The minimum absolute atomic E-state index is 0.0675. The first-order chi connectivity index (χ1) is 62.5. The number of amides is 6. The smallest absolute Gasteiger partial charge is 0.410 e. The zero-order chi connectivity index (χ0) is 94.8. The molecule has 42 heteroatoms. The van der Waals surface area contributed by atoms with Crippen molar-refractivity contribution in [2.75, 3.05) is 39.3 Å². The van der Waals surface area contributed by atoms with E-state index in [2.05, 4.69) is 96.9 Å². The van der Waals surface area contributed by atoms with Gasteiger partial charge >= 0.3 is 71.2 Å². The molecule has 10 atom stereocenters. The van der Waals surface area contributed by atoms with Crippen molar-refractivity contribution in [1.29, 1.82) is 36.8 Å². The third-order valence-corrected chi connectivity index (χ3v) is 20.1. The van der Waals surface area contributed by atoms with Gasteiger partial charge in [-0.2, -0.15) is 36.8 Å². The molecule has 7 N–H and O–H groups in total. The van der Waals surface area contributed by atoms with E-state index < -0.39 is 41.0 Å². The molecule has 131 heavy (non-hydrogen) atoms. The van der Waals surface area contributed by atoms with Crippen LogP contribution in [0.2, 0.25) is 0 Å². The number of nitrogens with zero attached hydrogens (tertiary/aromatic N) is 21. The molecule has 6 amide bonds. The molecule has 5 aromatic carbocycles. The predicted octanol–water partition coefficient (Wildman–Crippen LogP) is 9.52. The summed E-state index contributed by atoms with van der Waals surface area (Å²) >= 11 is 0. The number of nitrogens with two attached hydrogens (primary N) is 1. The maximum atomic E-state index is 12.5. The molecular weight excluding hydrogens is 1690 g/mol. The molecule has 0 radical (unpaired) electrons. The topological polar surface area (TPSA) is 607 Å². The number of hydrogen-bond acceptors (Lipinski definition) is 36. The Bertz CT molecular complexity index is 5890. The van der Waals surface area contributed by atoms with Crippen LogP contribution in [0.5, 0.6) is 0 Å². The van der Waals surface area contributed by atoms with Gasteiger partial charge in [0.25, 0.3) is 0 Å². The van der Waals surface area contributed by atoms with Gasteiger partial charge in [-0.05, 0) is 206 Å². The second-order valence-corrected chi connectivity index (χ2v) is 32.8. The van der Waals surface area contributed by atoms with E-state index in [1.54, 1.807) is 148 Å². The Hall–Kier alpha value is -16.4. The lowest BCUT2D eigenvalue weighted by Gasteiger charge is -2.26. The van der Waals surface area contributed by atoms with Crippen LogP contribution < -0.4 is 32.3 Å². The first kappa shape index (κ1) is 96.8. The average Bonchev–Trinajstić information content (AvgIpc) is 1.71. The fourth-order valence-corrected chi connectivity index (χ4v) is 13.9. The van der Waals surface area contributed by atoms with E-state index in [1.165, 1.54) is 0 Å². The molecule has 0 unspecified atom stereocenters. The van der Waals surface area contributed by atoms with Crippen LogP contribution in [-0.2, 0) is 14.2 Å². The highest BCUT2D eigenvalue weighted by atomic mass is 16.6. The van der Waals surface area contributed by atoms with E-state index in [1.807, 2.05) is 99.6 Å². The minimum Gasteiger partial charge on any atom is -0.459 e. The van der Waals surface area contributed by atoms with Crippen molar-refractivity contribution >= 4 is 41.8 Å². The molecule has 0 bridgehead atoms. The van der Waals surface area contributed by atoms with Gasteiger partial charge in [0, 0.05) is 121 Å². The standard InChI is InChI=1S/C20H23N5O4.2C16H14N6O2.C15H15N5O2.C12H9N3O3.C10H20N2O2/c1-12-8-15(11-25(12)19(27)29-20(2,3)4)22-16(26)18-24-23-17(28-18)14-7-5-6-13(9-14)10-21;2*1-10-5-13(8-22(10)9-18)19-14(23)16-21-20-15(24-16)12-4-2-3-11(6-12)7-17;1-9-5-12(8-17-9)18-13(21)15-20-19-14(22-15)11-4-2-3-10(6-11)7-16;1-2-17-12(16)11-15-14-10(18-11)9-5-3-4-8(6-9)7-13;1-7-5-8(11)6-12(7)9(13)14-10(2,3)4/h5-7,9,12,15H,8,11H2,1-4H3,(H,22,26);2*2-4,6,10,13H,5,8H2,1H3,(H,19,23);2-4,6,9,12,17H,5,8H2,1H3,(H,18,21);3-6H,2H2,1H3;7-8H,5-6,11H2,1-4H3/t12-,15-;2*10-,13-;9-,12-;;7-,8-/m1111.1/s1. The lowest BCUT2D eigenvalue weighted by atomic mass is 10.1. The summed E-state index contributed by atoms with van der Waals surface area (Å²) < 4.78 is 42.3. The number of ether oxygens (including phenoxy) is 3. The summed E-state index contributed by atoms with van der Waals surface area (Å²) in [5.41, 5.74) is 10.0. The van der Waals surface area contributed by atoms with Gasteiger partial charge in [0.15, 0.2) is 12.4 Å². The highest BCUT2D eigenvalue weighted by Crippen LogP contribution is 2.29. The molecule has 15 rings (SSSR count). The fourth-order valence-electron chi connectivity index (χ4n) is 13.9. The molecule has 0 saturated carbocycles. The number of carbonyl (C=O) groups excluding carboxylic acids is 7. The van der Waals surface area contributed by atoms with Gasteiger partial charge in [0.1, 0.15) is 11.2 Å². The van der Waals surface area contributed by atoms with E-state index >= 15 is 0 Å². The maximum absolute atomic E-state index is 12.5. The number of carbonyl (C=O) groups is 7. The number of nitrogens with one attached hydrogen (secondary N) is 5. The van der Waals surface area contributed by atoms with Crippen LogP contribution in [0.3, 0.4) is 0 Å². The average molecular weight is 1780 g/mol. The Morgan fingerprint density at radius 1 is 0.405 bits per heavy atom. The zero-order valence-corrected chi connectivity index (χ0v) is 73.7. The summed E-state index contributed by atoms with van der Waals surface area (Å²) in [5.74, 6) is -2.32. The van der Waals surface area contributed by atoms with Crippen molar-refractivity contribution in [3.05, 3.63) is 179 Å². The van der Waals surface area contributed by atoms with Gasteiger partial charge < -0.3 is 88.2 Å². The third-order valence-electron chi connectivity index (χ3n) is 20.1. The fraction of sp³-hybridized carbons (Fsp3) is 0.393.